The average Bonchev–Trinajstić information content (AvgIpc) is 2.88. The Kier molecular flexibility index (Phi) is 5.31. The minimum Gasteiger partial charge on any atom is -0.351 e. The largest absolute Gasteiger partial charge is 0.351 e. The Bertz CT molecular complexity index is 563. The fourth-order valence-corrected chi connectivity index (χ4v) is 2.53. The van der Waals surface area contributed by atoms with Crippen LogP contribution in [0.3, 0.4) is 0 Å². The highest BCUT2D eigenvalue weighted by Gasteiger charge is 2.29. The fourth-order valence-electron chi connectivity index (χ4n) is 2.28. The van der Waals surface area contributed by atoms with Gasteiger partial charge < -0.3 is 10.6 Å². The minimum absolute atomic E-state index is 0.0117. The van der Waals surface area contributed by atoms with Crippen molar-refractivity contribution >= 4 is 23.6 Å². The Labute approximate surface area is 127 Å². The summed E-state index contributed by atoms with van der Waals surface area (Å²) < 4.78 is 27.0. The first-order valence-corrected chi connectivity index (χ1v) is 7.15. The lowest BCUT2D eigenvalue weighted by Crippen LogP contribution is -2.40. The van der Waals surface area contributed by atoms with E-state index in [0.29, 0.717) is 5.56 Å². The first kappa shape index (κ1) is 15.9. The van der Waals surface area contributed by atoms with Gasteiger partial charge in [0.05, 0.1) is 11.1 Å². The summed E-state index contributed by atoms with van der Waals surface area (Å²) in [7, 11) is 0. The molecular weight excluding hydrogens is 298 g/mol. The van der Waals surface area contributed by atoms with Crippen molar-refractivity contribution in [3.05, 3.63) is 40.2 Å². The lowest BCUT2D eigenvalue weighted by atomic mass is 10.1. The number of hydrogen-bond donors (Lipinski definition) is 2. The molecule has 3 nitrogen and oxygen atoms in total. The van der Waals surface area contributed by atoms with Crippen LogP contribution >= 0.6 is 11.6 Å². The van der Waals surface area contributed by atoms with E-state index < -0.39 is 18.0 Å². The van der Waals surface area contributed by atoms with Gasteiger partial charge in [-0.15, -0.1) is 0 Å². The Morgan fingerprint density at radius 1 is 1.57 bits per heavy atom. The number of carbonyl (C=O) groups excluding carboxylic acids is 1. The van der Waals surface area contributed by atoms with E-state index in [1.54, 1.807) is 12.1 Å². The number of carbonyl (C=O) groups is 1. The third-order valence-corrected chi connectivity index (χ3v) is 3.61. The second-order valence-electron chi connectivity index (χ2n) is 4.99. The topological polar surface area (TPSA) is 41.1 Å². The van der Waals surface area contributed by atoms with Crippen LogP contribution in [0.25, 0.3) is 6.08 Å². The minimum atomic E-state index is -1.01. The summed E-state index contributed by atoms with van der Waals surface area (Å²) in [6.45, 7) is 2.04. The highest BCUT2D eigenvalue weighted by atomic mass is 35.5. The van der Waals surface area contributed by atoms with Gasteiger partial charge in [0.1, 0.15) is 12.0 Å². The number of nitrogens with one attached hydrogen (secondary N) is 2. The molecule has 0 unspecified atom stereocenters. The lowest BCUT2D eigenvalue weighted by Gasteiger charge is -2.12. The summed E-state index contributed by atoms with van der Waals surface area (Å²) >= 11 is 5.83. The zero-order chi connectivity index (χ0) is 15.4. The van der Waals surface area contributed by atoms with Crippen molar-refractivity contribution in [2.24, 2.45) is 0 Å². The average molecular weight is 315 g/mol. The van der Waals surface area contributed by atoms with Crippen LogP contribution in [0.2, 0.25) is 5.02 Å². The monoisotopic (exact) mass is 314 g/mol. The molecule has 2 atom stereocenters. The molecule has 1 fully saturated rings. The number of alkyl halides is 1. The maximum atomic E-state index is 13.9. The number of halogens is 3. The molecule has 1 aliphatic rings. The van der Waals surface area contributed by atoms with Crippen LogP contribution in [-0.2, 0) is 11.3 Å². The highest BCUT2D eigenvalue weighted by molar-refractivity contribution is 6.31. The van der Waals surface area contributed by atoms with Gasteiger partial charge in [0, 0.05) is 25.1 Å². The van der Waals surface area contributed by atoms with Gasteiger partial charge in [0.2, 0.25) is 5.91 Å². The summed E-state index contributed by atoms with van der Waals surface area (Å²) in [5, 5.41) is 5.40. The molecule has 114 valence electrons. The van der Waals surface area contributed by atoms with Gasteiger partial charge in [-0.3, -0.25) is 4.79 Å². The molecule has 2 N–H and O–H groups in total. The van der Waals surface area contributed by atoms with Gasteiger partial charge in [-0.25, -0.2) is 8.78 Å². The number of allylic oxidation sites excluding steroid dienone is 1. The van der Waals surface area contributed by atoms with E-state index in [-0.39, 0.29) is 30.4 Å². The van der Waals surface area contributed by atoms with Crippen LogP contribution in [0.5, 0.6) is 0 Å². The molecule has 0 aliphatic carbocycles. The van der Waals surface area contributed by atoms with Crippen molar-refractivity contribution in [2.75, 3.05) is 6.54 Å². The van der Waals surface area contributed by atoms with Crippen molar-refractivity contribution in [1.82, 2.24) is 10.6 Å². The molecule has 0 aromatic heterocycles. The van der Waals surface area contributed by atoms with E-state index in [9.17, 15) is 13.6 Å². The third kappa shape index (κ3) is 4.02. The number of amides is 1. The molecule has 0 saturated carbocycles. The van der Waals surface area contributed by atoms with Crippen LogP contribution < -0.4 is 10.6 Å². The normalized spacial score (nSPS) is 21.9. The predicted molar refractivity (Wildman–Crippen MR) is 79.3 cm³/mol. The quantitative estimate of drug-likeness (QED) is 0.897. The molecule has 1 amide bonds. The highest BCUT2D eigenvalue weighted by Crippen LogP contribution is 2.22. The molecule has 1 saturated heterocycles. The number of hydrogen-bond acceptors (Lipinski definition) is 2. The van der Waals surface area contributed by atoms with Gasteiger partial charge in [0.25, 0.3) is 0 Å². The molecule has 0 radical (unpaired) electrons. The van der Waals surface area contributed by atoms with Crippen molar-refractivity contribution < 1.29 is 13.6 Å². The molecule has 1 aromatic carbocycles. The molecule has 1 aromatic rings. The first-order valence-electron chi connectivity index (χ1n) is 6.77. The van der Waals surface area contributed by atoms with Crippen LogP contribution in [0.4, 0.5) is 8.78 Å². The maximum Gasteiger partial charge on any atom is 0.237 e. The van der Waals surface area contributed by atoms with Gasteiger partial charge in [-0.1, -0.05) is 23.8 Å². The molecule has 2 rings (SSSR count). The summed E-state index contributed by atoms with van der Waals surface area (Å²) in [6.07, 6.45) is 2.75. The molecule has 0 bridgehead atoms. The zero-order valence-electron chi connectivity index (χ0n) is 11.6. The van der Waals surface area contributed by atoms with Crippen LogP contribution in [0.15, 0.2) is 18.2 Å². The molecule has 1 aliphatic heterocycles. The fraction of sp³-hybridized carbons (Fsp3) is 0.400. The SMILES string of the molecule is C/C=C/c1cc(Cl)c(F)c(CNC(=O)[C@H]2C[C@H](F)CN2)c1. The summed E-state index contributed by atoms with van der Waals surface area (Å²) in [4.78, 5) is 11.9. The van der Waals surface area contributed by atoms with E-state index >= 15 is 0 Å². The Hall–Kier alpha value is -1.46. The van der Waals surface area contributed by atoms with Gasteiger partial charge in [-0.2, -0.15) is 0 Å². The van der Waals surface area contributed by atoms with Crippen molar-refractivity contribution in [3.8, 4) is 0 Å². The van der Waals surface area contributed by atoms with Crippen molar-refractivity contribution in [2.45, 2.75) is 32.1 Å². The van der Waals surface area contributed by atoms with Gasteiger partial charge in [-0.05, 0) is 24.6 Å². The van der Waals surface area contributed by atoms with E-state index in [1.165, 1.54) is 6.07 Å². The smallest absolute Gasteiger partial charge is 0.237 e. The zero-order valence-corrected chi connectivity index (χ0v) is 12.4. The summed E-state index contributed by atoms with van der Waals surface area (Å²) in [5.41, 5.74) is 1.06. The maximum absolute atomic E-state index is 13.9. The van der Waals surface area contributed by atoms with Crippen LogP contribution in [0, 0.1) is 5.82 Å². The van der Waals surface area contributed by atoms with E-state index in [4.69, 9.17) is 11.6 Å². The van der Waals surface area contributed by atoms with Gasteiger partial charge in [0.15, 0.2) is 0 Å². The molecule has 21 heavy (non-hydrogen) atoms. The Morgan fingerprint density at radius 2 is 2.33 bits per heavy atom. The lowest BCUT2D eigenvalue weighted by molar-refractivity contribution is -0.123. The first-order chi connectivity index (χ1) is 10.0. The van der Waals surface area contributed by atoms with E-state index in [1.807, 2.05) is 13.0 Å². The third-order valence-electron chi connectivity index (χ3n) is 3.33. The Morgan fingerprint density at radius 3 is 2.95 bits per heavy atom. The second kappa shape index (κ2) is 7.00. The predicted octanol–water partition coefficient (Wildman–Crippen LogP) is 2.83. The molecule has 1 heterocycles. The Balaban J connectivity index is 2.04. The summed E-state index contributed by atoms with van der Waals surface area (Å²) in [5.74, 6) is -0.880. The van der Waals surface area contributed by atoms with Crippen molar-refractivity contribution in [1.29, 1.82) is 0 Å². The molecular formula is C15H17ClF2N2O. The summed E-state index contributed by atoms with van der Waals surface area (Å²) in [6, 6.07) is 2.59. The number of rotatable bonds is 4. The van der Waals surface area contributed by atoms with Crippen LogP contribution in [0.1, 0.15) is 24.5 Å². The second-order valence-corrected chi connectivity index (χ2v) is 5.39. The van der Waals surface area contributed by atoms with E-state index in [0.717, 1.165) is 5.56 Å². The number of benzene rings is 1. The molecule has 6 heteroatoms. The van der Waals surface area contributed by atoms with Gasteiger partial charge >= 0.3 is 0 Å². The standard InChI is InChI=1S/C15H17ClF2N2O/c1-2-3-9-4-10(14(18)12(16)5-9)7-20-15(21)13-6-11(17)8-19-13/h2-5,11,13,19H,6-8H2,1H3,(H,20,21)/b3-2+/t11-,13+/m0/s1. The van der Waals surface area contributed by atoms with Crippen molar-refractivity contribution in [3.63, 3.8) is 0 Å². The molecule has 0 spiro atoms. The van der Waals surface area contributed by atoms with Crippen LogP contribution in [-0.4, -0.2) is 24.7 Å². The van der Waals surface area contributed by atoms with E-state index in [2.05, 4.69) is 10.6 Å².